The summed E-state index contributed by atoms with van der Waals surface area (Å²) in [6.07, 6.45) is -0.00963. The number of rotatable bonds is 7. The first-order valence-corrected chi connectivity index (χ1v) is 8.45. The van der Waals surface area contributed by atoms with Crippen molar-refractivity contribution in [3.05, 3.63) is 20.8 Å². The summed E-state index contributed by atoms with van der Waals surface area (Å²) in [5, 5.41) is 19.0. The third-order valence-electron chi connectivity index (χ3n) is 3.52. The van der Waals surface area contributed by atoms with Crippen LogP contribution in [0.25, 0.3) is 11.2 Å². The van der Waals surface area contributed by atoms with Crippen LogP contribution in [0.1, 0.15) is 20.3 Å². The molecule has 9 heteroatoms. The van der Waals surface area contributed by atoms with Crippen LogP contribution < -0.4 is 11.2 Å². The molecule has 2 aromatic heterocycles. The van der Waals surface area contributed by atoms with Gasteiger partial charge in [-0.25, -0.2) is 9.78 Å². The van der Waals surface area contributed by atoms with E-state index in [4.69, 9.17) is 5.11 Å². The molecule has 0 amide bonds. The summed E-state index contributed by atoms with van der Waals surface area (Å²) in [5.74, 6) is 0.702. The highest BCUT2D eigenvalue weighted by Crippen LogP contribution is 2.23. The molecule has 0 saturated heterocycles. The van der Waals surface area contributed by atoms with Crippen LogP contribution in [0.15, 0.2) is 14.7 Å². The number of nitrogens with zero attached hydrogens (tertiary/aromatic N) is 3. The number of aliphatic hydroxyl groups is 2. The summed E-state index contributed by atoms with van der Waals surface area (Å²) in [6.45, 7) is 4.42. The number of hydrogen-bond acceptors (Lipinski definition) is 6. The van der Waals surface area contributed by atoms with Crippen molar-refractivity contribution in [3.8, 4) is 0 Å². The Hall–Kier alpha value is -1.58. The van der Waals surface area contributed by atoms with Crippen molar-refractivity contribution >= 4 is 22.9 Å². The van der Waals surface area contributed by atoms with Gasteiger partial charge in [-0.1, -0.05) is 25.6 Å². The first-order valence-electron chi connectivity index (χ1n) is 7.46. The van der Waals surface area contributed by atoms with E-state index in [1.54, 1.807) is 11.6 Å². The summed E-state index contributed by atoms with van der Waals surface area (Å²) in [5.41, 5.74) is -0.297. The third kappa shape index (κ3) is 3.85. The third-order valence-corrected chi connectivity index (χ3v) is 4.64. The predicted molar refractivity (Wildman–Crippen MR) is 88.9 cm³/mol. The topological polar surface area (TPSA) is 113 Å². The van der Waals surface area contributed by atoms with Crippen LogP contribution in [-0.2, 0) is 13.6 Å². The van der Waals surface area contributed by atoms with Crippen molar-refractivity contribution in [1.29, 1.82) is 0 Å². The standard InChI is InChI=1S/C14H22N4O4S/c1-8(2)4-5-18-10-11(17(3)13(22)16-12(10)21)15-14(18)23-7-9(20)6-19/h8-9,19-20H,4-7H2,1-3H3,(H,16,21,22). The fourth-order valence-corrected chi connectivity index (χ4v) is 3.08. The maximum atomic E-state index is 12.2. The summed E-state index contributed by atoms with van der Waals surface area (Å²) in [6, 6.07) is 0. The van der Waals surface area contributed by atoms with E-state index < -0.39 is 17.4 Å². The van der Waals surface area contributed by atoms with Gasteiger partial charge in [0.05, 0.1) is 12.7 Å². The number of aromatic amines is 1. The molecular weight excluding hydrogens is 320 g/mol. The smallest absolute Gasteiger partial charge is 0.329 e. The van der Waals surface area contributed by atoms with Crippen molar-refractivity contribution in [3.63, 3.8) is 0 Å². The molecule has 2 rings (SSSR count). The molecule has 0 bridgehead atoms. The van der Waals surface area contributed by atoms with E-state index in [9.17, 15) is 14.7 Å². The minimum Gasteiger partial charge on any atom is -0.394 e. The van der Waals surface area contributed by atoms with Gasteiger partial charge < -0.3 is 14.8 Å². The van der Waals surface area contributed by atoms with Crippen LogP contribution in [0.5, 0.6) is 0 Å². The first kappa shape index (κ1) is 17.8. The summed E-state index contributed by atoms with van der Waals surface area (Å²) in [4.78, 5) is 30.6. The molecule has 0 spiro atoms. The number of aromatic nitrogens is 4. The molecule has 3 N–H and O–H groups in total. The van der Waals surface area contributed by atoms with Crippen LogP contribution in [0.4, 0.5) is 0 Å². The number of imidazole rings is 1. The lowest BCUT2D eigenvalue weighted by Crippen LogP contribution is -2.29. The van der Waals surface area contributed by atoms with Crippen LogP contribution in [0.3, 0.4) is 0 Å². The zero-order valence-corrected chi connectivity index (χ0v) is 14.3. The number of aryl methyl sites for hydroxylation is 2. The number of hydrogen-bond donors (Lipinski definition) is 3. The molecule has 1 unspecified atom stereocenters. The number of H-pyrrole nitrogens is 1. The monoisotopic (exact) mass is 342 g/mol. The van der Waals surface area contributed by atoms with Gasteiger partial charge in [0.15, 0.2) is 16.3 Å². The first-order chi connectivity index (χ1) is 10.8. The summed E-state index contributed by atoms with van der Waals surface area (Å²) in [7, 11) is 1.55. The molecule has 0 radical (unpaired) electrons. The lowest BCUT2D eigenvalue weighted by atomic mass is 10.1. The van der Waals surface area contributed by atoms with Gasteiger partial charge in [0.25, 0.3) is 5.56 Å². The van der Waals surface area contributed by atoms with E-state index in [0.717, 1.165) is 6.42 Å². The molecule has 0 aromatic carbocycles. The highest BCUT2D eigenvalue weighted by Gasteiger charge is 2.18. The fraction of sp³-hybridized carbons (Fsp3) is 0.643. The molecule has 128 valence electrons. The van der Waals surface area contributed by atoms with Crippen LogP contribution in [0, 0.1) is 5.92 Å². The number of aliphatic hydroxyl groups excluding tert-OH is 2. The van der Waals surface area contributed by atoms with E-state index in [1.165, 1.54) is 16.3 Å². The molecule has 2 aromatic rings. The molecule has 0 aliphatic rings. The average Bonchev–Trinajstić information content (AvgIpc) is 2.87. The van der Waals surface area contributed by atoms with Crippen molar-refractivity contribution in [1.82, 2.24) is 19.1 Å². The van der Waals surface area contributed by atoms with Crippen LogP contribution in [-0.4, -0.2) is 47.8 Å². The Bertz CT molecular complexity index is 792. The van der Waals surface area contributed by atoms with E-state index in [1.807, 2.05) is 0 Å². The quantitative estimate of drug-likeness (QED) is 0.606. The van der Waals surface area contributed by atoms with Crippen molar-refractivity contribution < 1.29 is 10.2 Å². The Kier molecular flexibility index (Phi) is 5.66. The minimum atomic E-state index is -0.861. The lowest BCUT2D eigenvalue weighted by molar-refractivity contribution is 0.113. The second kappa shape index (κ2) is 7.33. The second-order valence-corrected chi connectivity index (χ2v) is 6.85. The highest BCUT2D eigenvalue weighted by atomic mass is 32.2. The Morgan fingerprint density at radius 2 is 2.04 bits per heavy atom. The Balaban J connectivity index is 2.53. The maximum Gasteiger partial charge on any atom is 0.329 e. The van der Waals surface area contributed by atoms with E-state index in [-0.39, 0.29) is 12.4 Å². The van der Waals surface area contributed by atoms with Crippen molar-refractivity contribution in [2.75, 3.05) is 12.4 Å². The van der Waals surface area contributed by atoms with Gasteiger partial charge >= 0.3 is 5.69 Å². The van der Waals surface area contributed by atoms with Gasteiger partial charge in [0.1, 0.15) is 0 Å². The molecule has 1 atom stereocenters. The Morgan fingerprint density at radius 1 is 1.35 bits per heavy atom. The largest absolute Gasteiger partial charge is 0.394 e. The molecule has 0 fully saturated rings. The maximum absolute atomic E-state index is 12.2. The van der Waals surface area contributed by atoms with Crippen LogP contribution >= 0.6 is 11.8 Å². The second-order valence-electron chi connectivity index (χ2n) is 5.87. The predicted octanol–water partition coefficient (Wildman–Crippen LogP) is -0.0853. The zero-order valence-electron chi connectivity index (χ0n) is 13.4. The van der Waals surface area contributed by atoms with Crippen LogP contribution in [0.2, 0.25) is 0 Å². The van der Waals surface area contributed by atoms with E-state index in [0.29, 0.717) is 28.8 Å². The molecule has 0 aliphatic carbocycles. The number of fused-ring (bicyclic) bond motifs is 1. The van der Waals surface area contributed by atoms with E-state index in [2.05, 4.69) is 23.8 Å². The molecular formula is C14H22N4O4S. The molecule has 23 heavy (non-hydrogen) atoms. The lowest BCUT2D eigenvalue weighted by Gasteiger charge is -2.11. The minimum absolute atomic E-state index is 0.257. The van der Waals surface area contributed by atoms with Gasteiger partial charge in [0.2, 0.25) is 0 Å². The van der Waals surface area contributed by atoms with Gasteiger partial charge in [-0.05, 0) is 12.3 Å². The van der Waals surface area contributed by atoms with Gasteiger partial charge in [0, 0.05) is 19.3 Å². The normalized spacial score (nSPS) is 13.1. The molecule has 0 saturated carbocycles. The highest BCUT2D eigenvalue weighted by molar-refractivity contribution is 7.99. The van der Waals surface area contributed by atoms with Crippen molar-refractivity contribution in [2.45, 2.75) is 38.1 Å². The number of nitrogens with one attached hydrogen (secondary N) is 1. The molecule has 8 nitrogen and oxygen atoms in total. The van der Waals surface area contributed by atoms with Gasteiger partial charge in [-0.3, -0.25) is 14.3 Å². The zero-order chi connectivity index (χ0) is 17.1. The summed E-state index contributed by atoms with van der Waals surface area (Å²) >= 11 is 1.25. The van der Waals surface area contributed by atoms with Gasteiger partial charge in [-0.15, -0.1) is 0 Å². The van der Waals surface area contributed by atoms with E-state index >= 15 is 0 Å². The number of thioether (sulfide) groups is 1. The van der Waals surface area contributed by atoms with Crippen molar-refractivity contribution in [2.24, 2.45) is 13.0 Å². The summed E-state index contributed by atoms with van der Waals surface area (Å²) < 4.78 is 3.08. The average molecular weight is 342 g/mol. The Labute approximate surface area is 137 Å². The Morgan fingerprint density at radius 3 is 2.65 bits per heavy atom. The van der Waals surface area contributed by atoms with Gasteiger partial charge in [-0.2, -0.15) is 0 Å². The molecule has 0 aliphatic heterocycles. The molecule has 2 heterocycles. The SMILES string of the molecule is CC(C)CCn1c(SCC(O)CO)nc2c1c(=O)[nH]c(=O)n2C. The fourth-order valence-electron chi connectivity index (χ4n) is 2.14.